The molecule has 0 unspecified atom stereocenters. The van der Waals surface area contributed by atoms with Crippen molar-refractivity contribution in [3.05, 3.63) is 35.0 Å². The second kappa shape index (κ2) is 10.7. The van der Waals surface area contributed by atoms with Crippen LogP contribution in [0.4, 0.5) is 11.4 Å². The van der Waals surface area contributed by atoms with Gasteiger partial charge in [0.1, 0.15) is 6.42 Å². The van der Waals surface area contributed by atoms with Crippen LogP contribution in [0.25, 0.3) is 0 Å². The van der Waals surface area contributed by atoms with E-state index >= 15 is 0 Å². The van der Waals surface area contributed by atoms with Gasteiger partial charge in [0.05, 0.1) is 30.7 Å². The van der Waals surface area contributed by atoms with Crippen molar-refractivity contribution in [1.29, 1.82) is 5.26 Å². The third-order valence-electron chi connectivity index (χ3n) is 2.86. The average molecular weight is 380 g/mol. The third-order valence-corrected chi connectivity index (χ3v) is 3.09. The maximum absolute atomic E-state index is 11.9. The number of esters is 2. The Balaban J connectivity index is 3.11. The first-order valence-electron chi connectivity index (χ1n) is 7.70. The minimum absolute atomic E-state index is 0.0893. The average Bonchev–Trinajstić information content (AvgIpc) is 2.57. The summed E-state index contributed by atoms with van der Waals surface area (Å²) in [5.74, 6) is -2.22. The molecule has 0 atom stereocenters. The number of carbonyl (C=O) groups is 3. The summed E-state index contributed by atoms with van der Waals surface area (Å²) in [7, 11) is 0. The summed E-state index contributed by atoms with van der Waals surface area (Å²) in [5, 5.41) is 14.2. The van der Waals surface area contributed by atoms with Gasteiger partial charge in [-0.2, -0.15) is 5.26 Å². The van der Waals surface area contributed by atoms with E-state index in [2.05, 4.69) is 10.6 Å². The van der Waals surface area contributed by atoms with Crippen LogP contribution in [0.2, 0.25) is 5.02 Å². The number of nitriles is 1. The van der Waals surface area contributed by atoms with E-state index in [0.29, 0.717) is 10.7 Å². The van der Waals surface area contributed by atoms with Crippen molar-refractivity contribution in [1.82, 2.24) is 0 Å². The molecule has 0 fully saturated rings. The van der Waals surface area contributed by atoms with Crippen LogP contribution >= 0.6 is 11.6 Å². The predicted octanol–water partition coefficient (Wildman–Crippen LogP) is 2.61. The van der Waals surface area contributed by atoms with Gasteiger partial charge >= 0.3 is 11.9 Å². The molecule has 0 aliphatic carbocycles. The molecule has 0 saturated heterocycles. The Labute approximate surface area is 155 Å². The third kappa shape index (κ3) is 6.45. The van der Waals surface area contributed by atoms with Gasteiger partial charge < -0.3 is 20.1 Å². The Hall–Kier alpha value is -3.05. The fourth-order valence-electron chi connectivity index (χ4n) is 1.78. The van der Waals surface area contributed by atoms with E-state index in [0.717, 1.165) is 6.20 Å². The molecule has 0 aromatic heterocycles. The summed E-state index contributed by atoms with van der Waals surface area (Å²) >= 11 is 5.92. The fraction of sp³-hybridized carbons (Fsp3) is 0.294. The van der Waals surface area contributed by atoms with Crippen molar-refractivity contribution in [3.63, 3.8) is 0 Å². The van der Waals surface area contributed by atoms with Gasteiger partial charge in [-0.1, -0.05) is 11.6 Å². The Morgan fingerprint density at radius 2 is 1.77 bits per heavy atom. The smallest absolute Gasteiger partial charge is 0.347 e. The number of halogens is 1. The highest BCUT2D eigenvalue weighted by molar-refractivity contribution is 6.31. The second-order valence-electron chi connectivity index (χ2n) is 4.72. The minimum Gasteiger partial charge on any atom is -0.462 e. The van der Waals surface area contributed by atoms with E-state index in [1.54, 1.807) is 26.0 Å². The lowest BCUT2D eigenvalue weighted by Crippen LogP contribution is -2.19. The maximum Gasteiger partial charge on any atom is 0.347 e. The van der Waals surface area contributed by atoms with Crippen LogP contribution in [0.3, 0.4) is 0 Å². The highest BCUT2D eigenvalue weighted by atomic mass is 35.5. The van der Waals surface area contributed by atoms with Gasteiger partial charge in [-0.05, 0) is 32.0 Å². The summed E-state index contributed by atoms with van der Waals surface area (Å²) < 4.78 is 9.66. The molecule has 1 rings (SSSR count). The zero-order valence-corrected chi connectivity index (χ0v) is 15.1. The van der Waals surface area contributed by atoms with E-state index in [4.69, 9.17) is 26.3 Å². The maximum atomic E-state index is 11.9. The lowest BCUT2D eigenvalue weighted by atomic mass is 10.2. The number of ether oxygens (including phenoxy) is 2. The standard InChI is InChI=1S/C17H18ClN3O5/c1-3-25-16(23)12(17(24)26-4-2)10-20-13-6-5-11(18)9-14(13)21-15(22)7-8-19/h5-6,9-10,20H,3-4,7H2,1-2H3,(H,21,22). The zero-order chi connectivity index (χ0) is 19.5. The molecule has 2 N–H and O–H groups in total. The van der Waals surface area contributed by atoms with E-state index in [1.807, 2.05) is 0 Å². The molecule has 0 radical (unpaired) electrons. The normalized spacial score (nSPS) is 9.46. The van der Waals surface area contributed by atoms with Gasteiger partial charge in [0.2, 0.25) is 5.91 Å². The first-order valence-corrected chi connectivity index (χ1v) is 8.08. The number of rotatable bonds is 8. The van der Waals surface area contributed by atoms with Crippen LogP contribution in [-0.2, 0) is 23.9 Å². The van der Waals surface area contributed by atoms with Gasteiger partial charge in [0.15, 0.2) is 5.57 Å². The number of amides is 1. The number of hydrogen-bond acceptors (Lipinski definition) is 7. The van der Waals surface area contributed by atoms with Gasteiger partial charge in [-0.3, -0.25) is 4.79 Å². The van der Waals surface area contributed by atoms with Crippen molar-refractivity contribution in [3.8, 4) is 6.07 Å². The molecule has 0 heterocycles. The first-order chi connectivity index (χ1) is 12.4. The van der Waals surface area contributed by atoms with Crippen LogP contribution in [0.5, 0.6) is 0 Å². The van der Waals surface area contributed by atoms with Crippen LogP contribution in [-0.4, -0.2) is 31.1 Å². The van der Waals surface area contributed by atoms with Crippen molar-refractivity contribution in [2.24, 2.45) is 0 Å². The second-order valence-corrected chi connectivity index (χ2v) is 5.15. The Morgan fingerprint density at radius 1 is 1.15 bits per heavy atom. The lowest BCUT2D eigenvalue weighted by Gasteiger charge is -2.12. The molecule has 26 heavy (non-hydrogen) atoms. The number of carbonyl (C=O) groups excluding carboxylic acids is 3. The molecule has 138 valence electrons. The summed E-state index contributed by atoms with van der Waals surface area (Å²) in [6, 6.07) is 6.27. The van der Waals surface area contributed by atoms with E-state index in [-0.39, 0.29) is 30.9 Å². The quantitative estimate of drug-likeness (QED) is 0.308. The molecule has 1 amide bonds. The predicted molar refractivity (Wildman–Crippen MR) is 95.3 cm³/mol. The van der Waals surface area contributed by atoms with Crippen LogP contribution < -0.4 is 10.6 Å². The Morgan fingerprint density at radius 3 is 2.31 bits per heavy atom. The topological polar surface area (TPSA) is 118 Å². The molecule has 1 aromatic rings. The number of nitrogens with one attached hydrogen (secondary N) is 2. The monoisotopic (exact) mass is 379 g/mol. The molecule has 0 saturated carbocycles. The van der Waals surface area contributed by atoms with Gasteiger partial charge in [-0.25, -0.2) is 9.59 Å². The highest BCUT2D eigenvalue weighted by Gasteiger charge is 2.21. The van der Waals surface area contributed by atoms with Crippen LogP contribution in [0, 0.1) is 11.3 Å². The number of hydrogen-bond donors (Lipinski definition) is 2. The van der Waals surface area contributed by atoms with Crippen LogP contribution in [0.15, 0.2) is 30.0 Å². The Kier molecular flexibility index (Phi) is 8.67. The SMILES string of the molecule is CCOC(=O)C(=CNc1ccc(Cl)cc1NC(=O)CC#N)C(=O)OCC. The van der Waals surface area contributed by atoms with Gasteiger partial charge in [0, 0.05) is 11.2 Å². The molecule has 8 nitrogen and oxygen atoms in total. The molecule has 0 spiro atoms. The van der Waals surface area contributed by atoms with Crippen LogP contribution in [0.1, 0.15) is 20.3 Å². The number of anilines is 2. The largest absolute Gasteiger partial charge is 0.462 e. The fourth-order valence-corrected chi connectivity index (χ4v) is 1.95. The molecular weight excluding hydrogens is 362 g/mol. The lowest BCUT2D eigenvalue weighted by molar-refractivity contribution is -0.146. The van der Waals surface area contributed by atoms with Crippen molar-refractivity contribution in [2.45, 2.75) is 20.3 Å². The summed E-state index contributed by atoms with van der Waals surface area (Å²) in [6.07, 6.45) is 0.790. The molecular formula is C17H18ClN3O5. The van der Waals surface area contributed by atoms with Crippen molar-refractivity contribution < 1.29 is 23.9 Å². The number of nitrogens with zero attached hydrogens (tertiary/aromatic N) is 1. The van der Waals surface area contributed by atoms with E-state index in [1.165, 1.54) is 12.1 Å². The summed E-state index contributed by atoms with van der Waals surface area (Å²) in [6.45, 7) is 3.39. The molecule has 0 aliphatic rings. The highest BCUT2D eigenvalue weighted by Crippen LogP contribution is 2.26. The van der Waals surface area contributed by atoms with Gasteiger partial charge in [-0.15, -0.1) is 0 Å². The van der Waals surface area contributed by atoms with Gasteiger partial charge in [0.25, 0.3) is 0 Å². The Bertz CT molecular complexity index is 735. The van der Waals surface area contributed by atoms with E-state index in [9.17, 15) is 14.4 Å². The zero-order valence-electron chi connectivity index (χ0n) is 14.3. The molecule has 1 aromatic carbocycles. The first kappa shape index (κ1) is 21.0. The summed E-state index contributed by atoms with van der Waals surface area (Å²) in [5.41, 5.74) is 0.297. The summed E-state index contributed by atoms with van der Waals surface area (Å²) in [4.78, 5) is 35.5. The van der Waals surface area contributed by atoms with Crippen molar-refractivity contribution in [2.75, 3.05) is 23.8 Å². The number of benzene rings is 1. The minimum atomic E-state index is -0.845. The molecule has 9 heteroatoms. The van der Waals surface area contributed by atoms with Crippen molar-refractivity contribution >= 4 is 40.8 Å². The molecule has 0 bridgehead atoms. The molecule has 0 aliphatic heterocycles. The van der Waals surface area contributed by atoms with E-state index < -0.39 is 17.8 Å².